The van der Waals surface area contributed by atoms with Crippen molar-refractivity contribution in [2.24, 2.45) is 0 Å². The normalized spacial score (nSPS) is 13.5. The third-order valence-corrected chi connectivity index (χ3v) is 22.9. The van der Waals surface area contributed by atoms with Crippen molar-refractivity contribution in [2.45, 2.75) is 143 Å². The lowest BCUT2D eigenvalue weighted by Crippen LogP contribution is -2.53. The molecular formula is C100H103F4N13O8. The van der Waals surface area contributed by atoms with E-state index in [2.05, 4.69) is 59.5 Å². The van der Waals surface area contributed by atoms with Crippen molar-refractivity contribution in [3.63, 3.8) is 0 Å². The number of fused-ring (bicyclic) bond motifs is 4. The van der Waals surface area contributed by atoms with Gasteiger partial charge >= 0.3 is 0 Å². The van der Waals surface area contributed by atoms with Crippen LogP contribution in [0.1, 0.15) is 189 Å². The van der Waals surface area contributed by atoms with Gasteiger partial charge in [-0.2, -0.15) is 0 Å². The summed E-state index contributed by atoms with van der Waals surface area (Å²) in [7, 11) is 1.65. The Morgan fingerprint density at radius 2 is 0.656 bits per heavy atom. The molecule has 5 aliphatic heterocycles. The highest BCUT2D eigenvalue weighted by Gasteiger charge is 2.35. The zero-order valence-electron chi connectivity index (χ0n) is 71.1. The van der Waals surface area contributed by atoms with Crippen LogP contribution in [0, 0.1) is 51.0 Å². The number of aromatic nitrogens is 8. The lowest BCUT2D eigenvalue weighted by Gasteiger charge is -2.36. The van der Waals surface area contributed by atoms with Crippen molar-refractivity contribution >= 4 is 69.3 Å². The van der Waals surface area contributed by atoms with Crippen molar-refractivity contribution in [1.82, 2.24) is 44.8 Å². The van der Waals surface area contributed by atoms with Crippen LogP contribution in [0.2, 0.25) is 0 Å². The summed E-state index contributed by atoms with van der Waals surface area (Å²) in [6.45, 7) is 12.1. The number of hydrogen-bond donors (Lipinski definition) is 3. The molecule has 12 aromatic rings. The number of carbonyl (C=O) groups is 4. The number of anilines is 8. The van der Waals surface area contributed by atoms with Crippen LogP contribution in [-0.2, 0) is 56.1 Å². The van der Waals surface area contributed by atoms with Crippen LogP contribution in [0.5, 0.6) is 0 Å². The average Bonchev–Trinajstić information content (AvgIpc) is 1.64. The van der Waals surface area contributed by atoms with Crippen LogP contribution in [0.3, 0.4) is 0 Å². The molecule has 0 unspecified atom stereocenters. The fourth-order valence-electron chi connectivity index (χ4n) is 17.2. The number of unbranched alkanes of at least 4 members (excludes halogenated alkanes) is 3. The van der Waals surface area contributed by atoms with E-state index in [4.69, 9.17) is 14.9 Å². The molecule has 0 spiro atoms. The highest BCUT2D eigenvalue weighted by atomic mass is 19.1. The summed E-state index contributed by atoms with van der Waals surface area (Å²) in [6, 6.07) is 51.1. The Balaban J connectivity index is 0.000000135. The lowest BCUT2D eigenvalue weighted by atomic mass is 9.98. The maximum atomic E-state index is 13.8. The number of Topliss-reactive ketones (excluding diaryl/α,β-unsaturated/α-hetero) is 3. The van der Waals surface area contributed by atoms with Gasteiger partial charge in [-0.3, -0.25) is 19.2 Å². The summed E-state index contributed by atoms with van der Waals surface area (Å²) in [5, 5.41) is 27.4. The van der Waals surface area contributed by atoms with E-state index >= 15 is 0 Å². The van der Waals surface area contributed by atoms with Crippen molar-refractivity contribution < 1.29 is 56.8 Å². The Bertz CT molecular complexity index is 5640. The minimum atomic E-state index is -0.418. The summed E-state index contributed by atoms with van der Waals surface area (Å²) in [5.41, 5.74) is 21.6. The number of rotatable bonds is 29. The Labute approximate surface area is 726 Å². The van der Waals surface area contributed by atoms with Gasteiger partial charge in [0, 0.05) is 180 Å². The first kappa shape index (κ1) is 88.6. The third kappa shape index (κ3) is 22.5. The minimum Gasteiger partial charge on any atom is -0.396 e. The van der Waals surface area contributed by atoms with Crippen LogP contribution >= 0.6 is 0 Å². The van der Waals surface area contributed by atoms with E-state index in [1.165, 1.54) is 42.7 Å². The Kier molecular flexibility index (Phi) is 29.5. The van der Waals surface area contributed by atoms with E-state index < -0.39 is 6.10 Å². The SMILES string of the molecule is COCCCC(=O)c1cccc2c1CCN2c1cc(Cc2cc(C)cc(F)c2)ncn1.Cc1cc(F)cc(Cc2cc(N3CCc4c(C(=O)CCCCCO)cccc43)ncn2)c1.Cc1cc(F)cc(Cc2cc(N3CCc4c(C(=O)CCCCO)cccc43)ncn2)c1.Cc1cc(F)cc(Cc2cc(N3CCc4c(C(=O)N5CC(O)C5)cccc43)ncn2)c1. The first-order valence-electron chi connectivity index (χ1n) is 42.8. The van der Waals surface area contributed by atoms with Crippen LogP contribution < -0.4 is 19.6 Å². The predicted molar refractivity (Wildman–Crippen MR) is 475 cm³/mol. The molecule has 0 atom stereocenters. The second-order valence-electron chi connectivity index (χ2n) is 32.5. The summed E-state index contributed by atoms with van der Waals surface area (Å²) in [6.07, 6.45) is 16.8. The van der Waals surface area contributed by atoms with E-state index in [9.17, 15) is 41.8 Å². The molecule has 0 aliphatic carbocycles. The maximum absolute atomic E-state index is 13.8. The molecule has 0 bridgehead atoms. The number of ketones is 3. The molecule has 1 amide bonds. The van der Waals surface area contributed by atoms with Crippen molar-refractivity contribution in [2.75, 3.05) is 85.8 Å². The molecule has 0 saturated carbocycles. The first-order chi connectivity index (χ1) is 60.6. The second kappa shape index (κ2) is 41.7. The maximum Gasteiger partial charge on any atom is 0.254 e. The molecule has 21 nitrogen and oxygen atoms in total. The number of hydrogen-bond acceptors (Lipinski definition) is 20. The van der Waals surface area contributed by atoms with E-state index in [0.29, 0.717) is 83.0 Å². The molecule has 5 aliphatic rings. The fraction of sp³-hybridized carbons (Fsp3) is 0.320. The van der Waals surface area contributed by atoms with E-state index in [0.717, 1.165) is 230 Å². The molecule has 4 aromatic heterocycles. The molecule has 8 aromatic carbocycles. The Morgan fingerprint density at radius 3 is 0.952 bits per heavy atom. The van der Waals surface area contributed by atoms with Gasteiger partial charge in [0.05, 0.1) is 28.9 Å². The van der Waals surface area contributed by atoms with Crippen LogP contribution in [-0.4, -0.2) is 156 Å². The zero-order chi connectivity index (χ0) is 87.6. The highest BCUT2D eigenvalue weighted by molar-refractivity contribution is 6.02. The van der Waals surface area contributed by atoms with Crippen LogP contribution in [0.25, 0.3) is 0 Å². The van der Waals surface area contributed by atoms with Crippen molar-refractivity contribution in [3.8, 4) is 0 Å². The van der Waals surface area contributed by atoms with Crippen molar-refractivity contribution in [3.05, 3.63) is 330 Å². The van der Waals surface area contributed by atoms with E-state index in [1.807, 2.05) is 149 Å². The summed E-state index contributed by atoms with van der Waals surface area (Å²) < 4.78 is 60.1. The van der Waals surface area contributed by atoms with Crippen LogP contribution in [0.4, 0.5) is 63.6 Å². The first-order valence-corrected chi connectivity index (χ1v) is 42.8. The number of aryl methyl sites for hydroxylation is 4. The molecule has 1 saturated heterocycles. The van der Waals surface area contributed by atoms with E-state index in [-0.39, 0.29) is 59.7 Å². The number of β-amino-alcohol motifs (C(OH)–C–C–N with tert-alkyl or cyclic N) is 1. The summed E-state index contributed by atoms with van der Waals surface area (Å²) >= 11 is 0. The predicted octanol–water partition coefficient (Wildman–Crippen LogP) is 17.3. The number of methoxy groups -OCH3 is 1. The number of halogens is 4. The average molecular weight is 1690 g/mol. The van der Waals surface area contributed by atoms with Gasteiger partial charge in [0.25, 0.3) is 5.91 Å². The smallest absolute Gasteiger partial charge is 0.254 e. The number of carbonyl (C=O) groups excluding carboxylic acids is 4. The Morgan fingerprint density at radius 1 is 0.368 bits per heavy atom. The number of benzene rings is 8. The summed E-state index contributed by atoms with van der Waals surface area (Å²) in [5.74, 6) is 2.56. The third-order valence-electron chi connectivity index (χ3n) is 22.9. The molecular weight excluding hydrogens is 1590 g/mol. The van der Waals surface area contributed by atoms with Gasteiger partial charge in [-0.1, -0.05) is 73.2 Å². The molecule has 25 heteroatoms. The van der Waals surface area contributed by atoms with Gasteiger partial charge in [0.15, 0.2) is 17.3 Å². The monoisotopic (exact) mass is 1690 g/mol. The number of amides is 1. The lowest BCUT2D eigenvalue weighted by molar-refractivity contribution is 0.00583. The molecule has 17 rings (SSSR count). The topological polar surface area (TPSA) is 258 Å². The number of ether oxygens (including phenoxy) is 1. The molecule has 125 heavy (non-hydrogen) atoms. The highest BCUT2D eigenvalue weighted by Crippen LogP contribution is 2.42. The van der Waals surface area contributed by atoms with Gasteiger partial charge in [-0.05, 0) is 231 Å². The molecule has 9 heterocycles. The number of likely N-dealkylation sites (tertiary alicyclic amines) is 1. The van der Waals surface area contributed by atoms with Crippen molar-refractivity contribution in [1.29, 1.82) is 0 Å². The number of aliphatic hydroxyl groups is 3. The molecule has 1 fully saturated rings. The number of aliphatic hydroxyl groups excluding tert-OH is 3. The quantitative estimate of drug-likeness (QED) is 0.0224. The van der Waals surface area contributed by atoms with Gasteiger partial charge in [0.2, 0.25) is 0 Å². The molecule has 3 N–H and O–H groups in total. The Hall–Kier alpha value is -12.7. The van der Waals surface area contributed by atoms with E-state index in [1.54, 1.807) is 43.1 Å². The summed E-state index contributed by atoms with van der Waals surface area (Å²) in [4.78, 5) is 96.5. The standard InChI is InChI=1S/C26H28FN3O2.2C25H26FN3O2.C24H23FN4O2/c1-18-12-19(14-20(27)13-18)15-21-16-26(29-17-28-21)30-10-9-22-23(6-5-7-24(22)30)25(32)8-3-2-4-11-31;1-17-11-18(13-19(26)12-17)14-20-15-25(28-16-27-20)29-9-8-21-22(5-3-6-23(21)29)24(30)7-4-10-31-2;1-17-11-18(13-19(26)12-17)14-20-15-25(28-16-27-20)29-9-8-21-22(5-4-6-23(21)29)24(31)7-2-3-10-30;1-15-7-16(9-17(25)8-15)10-18-11-23(27-14-26-18)29-6-5-20-21(3-2-4-22(20)29)24(31)28-12-19(30)13-28/h5-7,12-14,16-17,31H,2-4,8-11,15H2,1H3;3,5-6,11-13,15-16H,4,7-10,14H2,1-2H3;4-6,11-13,15-16,30H,2-3,7-10,14H2,1H3;2-4,7-9,11,14,19,30H,5-6,10,12-13H2,1H3. The van der Waals surface area contributed by atoms with Gasteiger partial charge in [0.1, 0.15) is 71.8 Å². The minimum absolute atomic E-state index is 0.0335. The van der Waals surface area contributed by atoms with Gasteiger partial charge < -0.3 is 44.6 Å². The largest absolute Gasteiger partial charge is 0.396 e. The second-order valence-corrected chi connectivity index (χ2v) is 32.5. The van der Waals surface area contributed by atoms with Crippen LogP contribution in [0.15, 0.2) is 195 Å². The molecule has 0 radical (unpaired) electrons. The van der Waals surface area contributed by atoms with Gasteiger partial charge in [-0.15, -0.1) is 0 Å². The fourth-order valence-corrected chi connectivity index (χ4v) is 17.2. The zero-order valence-corrected chi connectivity index (χ0v) is 71.1. The number of nitrogens with zero attached hydrogens (tertiary/aromatic N) is 13. The van der Waals surface area contributed by atoms with Gasteiger partial charge in [-0.25, -0.2) is 57.4 Å². The molecule has 644 valence electrons.